The van der Waals surface area contributed by atoms with Crippen molar-refractivity contribution in [3.05, 3.63) is 83.8 Å². The van der Waals surface area contributed by atoms with Crippen LogP contribution in [0.25, 0.3) is 9.85 Å². The lowest BCUT2D eigenvalue weighted by Gasteiger charge is -2.10. The third-order valence-corrected chi connectivity index (χ3v) is 4.66. The van der Waals surface area contributed by atoms with E-state index in [1.807, 2.05) is 46.8 Å². The van der Waals surface area contributed by atoms with Crippen LogP contribution in [0.3, 0.4) is 0 Å². The first-order chi connectivity index (χ1) is 13.7. The molecule has 8 heteroatoms. The van der Waals surface area contributed by atoms with E-state index in [1.54, 1.807) is 6.92 Å². The third-order valence-electron chi connectivity index (χ3n) is 4.66. The summed E-state index contributed by atoms with van der Waals surface area (Å²) in [7, 11) is 0. The molecule has 0 saturated carbocycles. The average Bonchev–Trinajstić information content (AvgIpc) is 2.66. The highest BCUT2D eigenvalue weighted by molar-refractivity contribution is 5.91. The van der Waals surface area contributed by atoms with Crippen molar-refractivity contribution in [1.29, 1.82) is 0 Å². The van der Waals surface area contributed by atoms with Gasteiger partial charge < -0.3 is 21.1 Å². The van der Waals surface area contributed by atoms with E-state index in [1.165, 1.54) is 12.4 Å². The standard InChI is InChI=1S/C11H14N2O2.C11H10N2O.H2O/c1-7-4-8(2)11(6-13-15)9(3)10(7)5-12-14;1-7-5-8(2)11(12-4)9(3)10(7)6-13-14;/h4-6,14-15H,1-3H3;5H,1-3H3;1H2/b12-5+,13-6+;;. The van der Waals surface area contributed by atoms with Gasteiger partial charge in [-0.2, -0.15) is 0 Å². The third kappa shape index (κ3) is 5.81. The van der Waals surface area contributed by atoms with Crippen molar-refractivity contribution in [2.45, 2.75) is 41.5 Å². The molecule has 30 heavy (non-hydrogen) atoms. The van der Waals surface area contributed by atoms with Gasteiger partial charge in [-0.05, 0) is 74.9 Å². The van der Waals surface area contributed by atoms with Gasteiger partial charge in [0.1, 0.15) is 0 Å². The number of nitrogens with zero attached hydrogens (tertiary/aromatic N) is 4. The molecular formula is C22H26N4O4. The molecule has 0 amide bonds. The lowest BCUT2D eigenvalue weighted by atomic mass is 9.94. The summed E-state index contributed by atoms with van der Waals surface area (Å²) in [4.78, 5) is 3.42. The number of rotatable bonds is 2. The molecule has 0 unspecified atom stereocenters. The van der Waals surface area contributed by atoms with Crippen LogP contribution in [0, 0.1) is 59.4 Å². The fourth-order valence-corrected chi connectivity index (χ4v) is 3.29. The van der Waals surface area contributed by atoms with Crippen molar-refractivity contribution in [3.8, 4) is 6.07 Å². The number of oxime groups is 2. The van der Waals surface area contributed by atoms with Crippen molar-refractivity contribution in [1.82, 2.24) is 0 Å². The molecule has 2 aromatic rings. The van der Waals surface area contributed by atoms with E-state index >= 15 is 0 Å². The molecule has 0 aliphatic rings. The van der Waals surface area contributed by atoms with Crippen LogP contribution in [0.2, 0.25) is 0 Å². The maximum absolute atomic E-state index is 10.1. The molecule has 2 rings (SSSR count). The summed E-state index contributed by atoms with van der Waals surface area (Å²) >= 11 is 0. The minimum atomic E-state index is 0. The van der Waals surface area contributed by atoms with Crippen LogP contribution in [0.4, 0.5) is 5.69 Å². The van der Waals surface area contributed by atoms with E-state index in [4.69, 9.17) is 17.0 Å². The summed E-state index contributed by atoms with van der Waals surface area (Å²) in [5.41, 5.74) is 8.52. The highest BCUT2D eigenvalue weighted by atomic mass is 16.4. The maximum atomic E-state index is 10.1. The van der Waals surface area contributed by atoms with Gasteiger partial charge in [0.25, 0.3) is 0 Å². The summed E-state index contributed by atoms with van der Waals surface area (Å²) < 4.78 is 0. The van der Waals surface area contributed by atoms with Crippen molar-refractivity contribution in [2.75, 3.05) is 0 Å². The Bertz CT molecular complexity index is 1040. The first-order valence-electron chi connectivity index (χ1n) is 8.75. The molecule has 0 heterocycles. The quantitative estimate of drug-likeness (QED) is 0.321. The topological polar surface area (TPSA) is 128 Å². The van der Waals surface area contributed by atoms with Gasteiger partial charge in [0.2, 0.25) is 0 Å². The molecule has 0 bridgehead atoms. The molecule has 0 fully saturated rings. The lowest BCUT2D eigenvalue weighted by Crippen LogP contribution is -2.01. The molecule has 2 aromatic carbocycles. The predicted octanol–water partition coefficient (Wildman–Crippen LogP) is 4.74. The summed E-state index contributed by atoms with van der Waals surface area (Å²) in [6, 6.07) is 6.20. The molecule has 4 N–H and O–H groups in total. The molecule has 0 aliphatic carbocycles. The van der Waals surface area contributed by atoms with Gasteiger partial charge in [-0.15, -0.1) is 0 Å². The smallest absolute Gasteiger partial charge is 0.335 e. The Morgan fingerprint density at radius 3 is 1.73 bits per heavy atom. The molecule has 0 spiro atoms. The molecule has 8 nitrogen and oxygen atoms in total. The van der Waals surface area contributed by atoms with Crippen molar-refractivity contribution >= 4 is 18.1 Å². The van der Waals surface area contributed by atoms with Gasteiger partial charge in [-0.1, -0.05) is 22.4 Å². The van der Waals surface area contributed by atoms with E-state index in [9.17, 15) is 5.21 Å². The second-order valence-electron chi connectivity index (χ2n) is 6.63. The zero-order valence-corrected chi connectivity index (χ0v) is 17.9. The van der Waals surface area contributed by atoms with Gasteiger partial charge in [0, 0.05) is 16.1 Å². The van der Waals surface area contributed by atoms with E-state index in [0.717, 1.165) is 44.5 Å². The highest BCUT2D eigenvalue weighted by Gasteiger charge is 2.12. The fraction of sp³-hybridized carbons (Fsp3) is 0.273. The summed E-state index contributed by atoms with van der Waals surface area (Å²) in [6.45, 7) is 18.4. The monoisotopic (exact) mass is 410 g/mol. The lowest BCUT2D eigenvalue weighted by molar-refractivity contribution is 0.321. The van der Waals surface area contributed by atoms with E-state index in [0.29, 0.717) is 11.3 Å². The summed E-state index contributed by atoms with van der Waals surface area (Å²) in [5.74, 6) is 0. The average molecular weight is 410 g/mol. The van der Waals surface area contributed by atoms with E-state index < -0.39 is 0 Å². The van der Waals surface area contributed by atoms with Crippen LogP contribution in [0.1, 0.15) is 50.1 Å². The van der Waals surface area contributed by atoms with Gasteiger partial charge in [0.05, 0.1) is 24.6 Å². The predicted molar refractivity (Wildman–Crippen MR) is 120 cm³/mol. The number of aryl methyl sites for hydroxylation is 4. The Morgan fingerprint density at radius 2 is 1.33 bits per heavy atom. The zero-order valence-electron chi connectivity index (χ0n) is 17.9. The maximum Gasteiger partial charge on any atom is 0.335 e. The number of hydrogen-bond acceptors (Lipinski definition) is 5. The normalized spacial score (nSPS) is 9.90. The Balaban J connectivity index is 0.000000544. The van der Waals surface area contributed by atoms with Gasteiger partial charge in [-0.25, -0.2) is 4.85 Å². The van der Waals surface area contributed by atoms with Gasteiger partial charge >= 0.3 is 6.07 Å². The van der Waals surface area contributed by atoms with Crippen molar-refractivity contribution in [2.24, 2.45) is 10.3 Å². The number of benzene rings is 2. The Morgan fingerprint density at radius 1 is 0.867 bits per heavy atom. The second kappa shape index (κ2) is 11.8. The molecule has 158 valence electrons. The molecule has 0 aromatic heterocycles. The van der Waals surface area contributed by atoms with Crippen molar-refractivity contribution in [3.63, 3.8) is 0 Å². The second-order valence-corrected chi connectivity index (χ2v) is 6.63. The van der Waals surface area contributed by atoms with Crippen LogP contribution in [-0.2, 0) is 0 Å². The first-order valence-corrected chi connectivity index (χ1v) is 8.75. The largest absolute Gasteiger partial charge is 0.498 e. The van der Waals surface area contributed by atoms with Gasteiger partial charge in [0.15, 0.2) is 5.69 Å². The van der Waals surface area contributed by atoms with Crippen molar-refractivity contribution < 1.29 is 15.9 Å². The first kappa shape index (κ1) is 26.1. The van der Waals surface area contributed by atoms with Crippen LogP contribution in [0.15, 0.2) is 22.4 Å². The Kier molecular flexibility index (Phi) is 10.3. The highest BCUT2D eigenvalue weighted by Crippen LogP contribution is 2.28. The molecule has 0 radical (unpaired) electrons. The van der Waals surface area contributed by atoms with Gasteiger partial charge in [-0.3, -0.25) is 0 Å². The Labute approximate surface area is 176 Å². The SMILES string of the molecule is Cc1cc(C)c(/C=N/O)c(C)c1/C=N/O.O.[C-]#[N+]c1c(C)cc(C)c(C#[N+][O-])c1C. The molecule has 0 saturated heterocycles. The minimum absolute atomic E-state index is 0. The molecule has 0 aliphatic heterocycles. The molecular weight excluding hydrogens is 384 g/mol. The van der Waals surface area contributed by atoms with Crippen LogP contribution >= 0.6 is 0 Å². The number of hydrogen-bond donors (Lipinski definition) is 2. The summed E-state index contributed by atoms with van der Waals surface area (Å²) in [5, 5.41) is 35.9. The molecule has 0 atom stereocenters. The van der Waals surface area contributed by atoms with Crippen LogP contribution in [-0.4, -0.2) is 28.3 Å². The fourth-order valence-electron chi connectivity index (χ4n) is 3.29. The van der Waals surface area contributed by atoms with E-state index in [-0.39, 0.29) is 5.48 Å². The van der Waals surface area contributed by atoms with Crippen LogP contribution in [0.5, 0.6) is 0 Å². The zero-order chi connectivity index (χ0) is 22.1. The minimum Gasteiger partial charge on any atom is -0.498 e. The van der Waals surface area contributed by atoms with E-state index in [2.05, 4.69) is 26.2 Å². The Hall–Kier alpha value is -3.88. The van der Waals surface area contributed by atoms with Crippen LogP contribution < -0.4 is 0 Å². The summed E-state index contributed by atoms with van der Waals surface area (Å²) in [6.07, 6.45) is 2.78.